The van der Waals surface area contributed by atoms with Crippen LogP contribution in [0.3, 0.4) is 0 Å². The summed E-state index contributed by atoms with van der Waals surface area (Å²) in [5.74, 6) is 0.00614. The van der Waals surface area contributed by atoms with Gasteiger partial charge < -0.3 is 0 Å². The smallest absolute Gasteiger partial charge is 0.130 e. The zero-order chi connectivity index (χ0) is 14.8. The molecular formula is C20H21F. The molecule has 0 bridgehead atoms. The van der Waals surface area contributed by atoms with Gasteiger partial charge in [0.1, 0.15) is 5.82 Å². The van der Waals surface area contributed by atoms with E-state index < -0.39 is 0 Å². The Balaban J connectivity index is 1.90. The van der Waals surface area contributed by atoms with Crippen molar-refractivity contribution in [2.75, 3.05) is 0 Å². The van der Waals surface area contributed by atoms with E-state index in [9.17, 15) is 4.39 Å². The van der Waals surface area contributed by atoms with Crippen LogP contribution in [0.1, 0.15) is 41.7 Å². The maximum absolute atomic E-state index is 14.4. The van der Waals surface area contributed by atoms with Gasteiger partial charge in [0.15, 0.2) is 0 Å². The molecule has 1 aliphatic rings. The number of hydrogen-bond donors (Lipinski definition) is 0. The lowest BCUT2D eigenvalue weighted by atomic mass is 9.86. The van der Waals surface area contributed by atoms with Crippen molar-refractivity contribution in [3.8, 4) is 0 Å². The number of aryl methyl sites for hydroxylation is 2. The zero-order valence-electron chi connectivity index (χ0n) is 12.7. The Kier molecular flexibility index (Phi) is 3.92. The van der Waals surface area contributed by atoms with E-state index in [1.54, 1.807) is 0 Å². The van der Waals surface area contributed by atoms with E-state index in [4.69, 9.17) is 0 Å². The van der Waals surface area contributed by atoms with Crippen molar-refractivity contribution in [2.45, 2.75) is 39.5 Å². The monoisotopic (exact) mass is 280 g/mol. The van der Waals surface area contributed by atoms with Crippen LogP contribution in [0.4, 0.5) is 4.39 Å². The second kappa shape index (κ2) is 5.85. The van der Waals surface area contributed by atoms with Crippen molar-refractivity contribution in [3.05, 3.63) is 76.1 Å². The molecule has 0 saturated carbocycles. The first kappa shape index (κ1) is 14.1. The summed E-state index contributed by atoms with van der Waals surface area (Å²) in [5.41, 5.74) is 6.80. The molecule has 21 heavy (non-hydrogen) atoms. The van der Waals surface area contributed by atoms with Gasteiger partial charge in [-0.25, -0.2) is 4.39 Å². The van der Waals surface area contributed by atoms with Gasteiger partial charge in [-0.1, -0.05) is 56.3 Å². The van der Waals surface area contributed by atoms with Crippen LogP contribution in [-0.4, -0.2) is 0 Å². The van der Waals surface area contributed by atoms with E-state index in [0.717, 1.165) is 36.0 Å². The Bertz CT molecular complexity index is 678. The minimum absolute atomic E-state index is 0.00614. The predicted octanol–water partition coefficient (Wildman–Crippen LogP) is 5.13. The largest absolute Gasteiger partial charge is 0.206 e. The molecular weight excluding hydrogens is 259 g/mol. The van der Waals surface area contributed by atoms with Crippen LogP contribution in [0, 0.1) is 5.82 Å². The lowest BCUT2D eigenvalue weighted by Crippen LogP contribution is -2.07. The molecule has 3 rings (SSSR count). The molecule has 2 aromatic rings. The van der Waals surface area contributed by atoms with E-state index in [1.165, 1.54) is 16.7 Å². The number of allylic oxidation sites excluding steroid dienone is 2. The number of hydrogen-bond acceptors (Lipinski definition) is 0. The van der Waals surface area contributed by atoms with Crippen LogP contribution in [-0.2, 0) is 25.7 Å². The number of halogens is 1. The molecule has 0 amide bonds. The molecule has 0 atom stereocenters. The highest BCUT2D eigenvalue weighted by Crippen LogP contribution is 2.30. The third kappa shape index (κ3) is 2.65. The van der Waals surface area contributed by atoms with Crippen molar-refractivity contribution in [3.63, 3.8) is 0 Å². The summed E-state index contributed by atoms with van der Waals surface area (Å²) in [4.78, 5) is 0. The predicted molar refractivity (Wildman–Crippen MR) is 87.0 cm³/mol. The Morgan fingerprint density at radius 3 is 2.38 bits per heavy atom. The van der Waals surface area contributed by atoms with Crippen LogP contribution in [0.2, 0.25) is 0 Å². The molecule has 108 valence electrons. The number of rotatable bonds is 3. The molecule has 0 unspecified atom stereocenters. The van der Waals surface area contributed by atoms with Gasteiger partial charge in [0.2, 0.25) is 0 Å². The molecule has 0 heterocycles. The standard InChI is InChI=1S/C20H21F/c1-3-14-5-7-16(8-6-14)17-11-12-19-18(13-17)10-9-15(4-2)20(19)21/h5-11H,3-4,12-13H2,1-2H3. The van der Waals surface area contributed by atoms with Gasteiger partial charge >= 0.3 is 0 Å². The summed E-state index contributed by atoms with van der Waals surface area (Å²) >= 11 is 0. The molecule has 0 nitrogen and oxygen atoms in total. The summed E-state index contributed by atoms with van der Waals surface area (Å²) < 4.78 is 14.4. The summed E-state index contributed by atoms with van der Waals surface area (Å²) in [7, 11) is 0. The molecule has 0 radical (unpaired) electrons. The summed E-state index contributed by atoms with van der Waals surface area (Å²) in [5, 5.41) is 0. The van der Waals surface area contributed by atoms with Crippen molar-refractivity contribution in [1.29, 1.82) is 0 Å². The normalized spacial score (nSPS) is 13.8. The molecule has 0 saturated heterocycles. The van der Waals surface area contributed by atoms with Crippen LogP contribution < -0.4 is 0 Å². The lowest BCUT2D eigenvalue weighted by molar-refractivity contribution is 0.596. The maximum Gasteiger partial charge on any atom is 0.130 e. The highest BCUT2D eigenvalue weighted by molar-refractivity contribution is 5.70. The SMILES string of the molecule is CCc1ccc(C2=CCc3c(ccc(CC)c3F)C2)cc1. The van der Waals surface area contributed by atoms with E-state index in [0.29, 0.717) is 6.42 Å². The van der Waals surface area contributed by atoms with Gasteiger partial charge in [0.25, 0.3) is 0 Å². The van der Waals surface area contributed by atoms with E-state index >= 15 is 0 Å². The zero-order valence-corrected chi connectivity index (χ0v) is 12.7. The molecule has 0 fully saturated rings. The molecule has 0 aliphatic heterocycles. The average molecular weight is 280 g/mol. The van der Waals surface area contributed by atoms with Gasteiger partial charge in [-0.15, -0.1) is 0 Å². The molecule has 0 aromatic heterocycles. The van der Waals surface area contributed by atoms with Crippen molar-refractivity contribution < 1.29 is 4.39 Å². The highest BCUT2D eigenvalue weighted by Gasteiger charge is 2.17. The fourth-order valence-electron chi connectivity index (χ4n) is 3.05. The Labute approximate surface area is 126 Å². The lowest BCUT2D eigenvalue weighted by Gasteiger charge is -2.19. The summed E-state index contributed by atoms with van der Waals surface area (Å²) in [6.07, 6.45) is 5.55. The van der Waals surface area contributed by atoms with E-state index in [1.807, 2.05) is 13.0 Å². The van der Waals surface area contributed by atoms with Gasteiger partial charge in [0.05, 0.1) is 0 Å². The minimum Gasteiger partial charge on any atom is -0.206 e. The fourth-order valence-corrected chi connectivity index (χ4v) is 3.05. The maximum atomic E-state index is 14.4. The van der Waals surface area contributed by atoms with Crippen molar-refractivity contribution in [1.82, 2.24) is 0 Å². The first-order chi connectivity index (χ1) is 10.2. The molecule has 0 spiro atoms. The van der Waals surface area contributed by atoms with Crippen LogP contribution >= 0.6 is 0 Å². The average Bonchev–Trinajstić information content (AvgIpc) is 2.55. The molecule has 0 N–H and O–H groups in total. The third-order valence-corrected chi connectivity index (χ3v) is 4.47. The molecule has 1 aliphatic carbocycles. The fraction of sp³-hybridized carbons (Fsp3) is 0.300. The van der Waals surface area contributed by atoms with Crippen LogP contribution in [0.5, 0.6) is 0 Å². The molecule has 1 heteroatoms. The second-order valence-electron chi connectivity index (χ2n) is 5.69. The summed E-state index contributed by atoms with van der Waals surface area (Å²) in [6, 6.07) is 12.8. The van der Waals surface area contributed by atoms with Crippen molar-refractivity contribution >= 4 is 5.57 Å². The van der Waals surface area contributed by atoms with E-state index in [-0.39, 0.29) is 5.82 Å². The highest BCUT2D eigenvalue weighted by atomic mass is 19.1. The Morgan fingerprint density at radius 1 is 0.952 bits per heavy atom. The quantitative estimate of drug-likeness (QED) is 0.731. The van der Waals surface area contributed by atoms with E-state index in [2.05, 4.69) is 43.3 Å². The van der Waals surface area contributed by atoms with Crippen molar-refractivity contribution in [2.24, 2.45) is 0 Å². The second-order valence-corrected chi connectivity index (χ2v) is 5.69. The first-order valence-electron chi connectivity index (χ1n) is 7.80. The van der Waals surface area contributed by atoms with Crippen LogP contribution in [0.15, 0.2) is 42.5 Å². The van der Waals surface area contributed by atoms with Gasteiger partial charge in [-0.3, -0.25) is 0 Å². The van der Waals surface area contributed by atoms with Gasteiger partial charge in [-0.05, 0) is 59.1 Å². The topological polar surface area (TPSA) is 0 Å². The Morgan fingerprint density at radius 2 is 1.71 bits per heavy atom. The van der Waals surface area contributed by atoms with Gasteiger partial charge in [0, 0.05) is 0 Å². The third-order valence-electron chi connectivity index (χ3n) is 4.47. The first-order valence-corrected chi connectivity index (χ1v) is 7.80. The number of benzene rings is 2. The number of fused-ring (bicyclic) bond motifs is 1. The van der Waals surface area contributed by atoms with Crippen LogP contribution in [0.25, 0.3) is 5.57 Å². The van der Waals surface area contributed by atoms with Gasteiger partial charge in [-0.2, -0.15) is 0 Å². The minimum atomic E-state index is 0.00614. The Hall–Kier alpha value is -1.89. The molecule has 2 aromatic carbocycles. The summed E-state index contributed by atoms with van der Waals surface area (Å²) in [6.45, 7) is 4.17.